The number of aromatic nitrogens is 1. The number of rotatable bonds is 6. The summed E-state index contributed by atoms with van der Waals surface area (Å²) in [5.74, 6) is 0. The van der Waals surface area contributed by atoms with Gasteiger partial charge in [-0.3, -0.25) is 4.98 Å². The van der Waals surface area contributed by atoms with Crippen molar-refractivity contribution in [1.82, 2.24) is 4.98 Å². The van der Waals surface area contributed by atoms with Crippen molar-refractivity contribution in [3.63, 3.8) is 0 Å². The molecule has 0 aromatic carbocycles. The number of anilines is 2. The molecule has 0 aliphatic heterocycles. The van der Waals surface area contributed by atoms with Gasteiger partial charge < -0.3 is 10.6 Å². The molecule has 100 valence electrons. The topological polar surface area (TPSA) is 37.0 Å². The Balaban J connectivity index is 1.94. The van der Waals surface area contributed by atoms with Crippen molar-refractivity contribution in [2.45, 2.75) is 46.0 Å². The predicted octanol–water partition coefficient (Wildman–Crippen LogP) is 3.90. The summed E-state index contributed by atoms with van der Waals surface area (Å²) >= 11 is 0. The molecule has 1 fully saturated rings. The van der Waals surface area contributed by atoms with Crippen LogP contribution in [0.2, 0.25) is 0 Å². The minimum absolute atomic E-state index is 0.522. The molecule has 3 nitrogen and oxygen atoms in total. The van der Waals surface area contributed by atoms with Crippen LogP contribution in [0.3, 0.4) is 0 Å². The Morgan fingerprint density at radius 2 is 1.78 bits per heavy atom. The number of nitrogens with one attached hydrogen (secondary N) is 2. The molecule has 1 aliphatic rings. The molecule has 0 amide bonds. The summed E-state index contributed by atoms with van der Waals surface area (Å²) in [7, 11) is 0. The van der Waals surface area contributed by atoms with Crippen LogP contribution in [0.1, 0.15) is 46.0 Å². The third-order valence-corrected chi connectivity index (χ3v) is 4.20. The van der Waals surface area contributed by atoms with Crippen LogP contribution in [0.25, 0.3) is 0 Å². The van der Waals surface area contributed by atoms with Gasteiger partial charge in [0, 0.05) is 13.1 Å². The maximum atomic E-state index is 4.27. The number of pyridine rings is 1. The molecule has 0 bridgehead atoms. The van der Waals surface area contributed by atoms with E-state index in [1.54, 1.807) is 0 Å². The van der Waals surface area contributed by atoms with Crippen molar-refractivity contribution in [3.8, 4) is 0 Å². The molecular weight excluding hydrogens is 222 g/mol. The third-order valence-electron chi connectivity index (χ3n) is 4.20. The van der Waals surface area contributed by atoms with Gasteiger partial charge in [-0.15, -0.1) is 0 Å². The number of nitrogens with zero attached hydrogens (tertiary/aromatic N) is 1. The lowest BCUT2D eigenvalue weighted by atomic mass is 9.83. The lowest BCUT2D eigenvalue weighted by molar-refractivity contribution is 0.307. The minimum Gasteiger partial charge on any atom is -0.384 e. The molecule has 1 heterocycles. The molecular formula is C15H25N3. The second-order valence-electron chi connectivity index (χ2n) is 5.41. The Morgan fingerprint density at radius 1 is 1.11 bits per heavy atom. The average molecular weight is 247 g/mol. The first-order valence-electron chi connectivity index (χ1n) is 7.21. The van der Waals surface area contributed by atoms with Crippen LogP contribution in [0.15, 0.2) is 18.5 Å². The van der Waals surface area contributed by atoms with Crippen molar-refractivity contribution in [2.75, 3.05) is 23.7 Å². The molecule has 0 atom stereocenters. The van der Waals surface area contributed by atoms with Gasteiger partial charge in [-0.1, -0.05) is 19.8 Å². The number of hydrogen-bond donors (Lipinski definition) is 2. The van der Waals surface area contributed by atoms with E-state index in [1.165, 1.54) is 32.1 Å². The smallest absolute Gasteiger partial charge is 0.0547 e. The van der Waals surface area contributed by atoms with Crippen LogP contribution in [0.5, 0.6) is 0 Å². The van der Waals surface area contributed by atoms with Gasteiger partial charge in [0.15, 0.2) is 0 Å². The molecule has 18 heavy (non-hydrogen) atoms. The highest BCUT2D eigenvalue weighted by Gasteiger charge is 2.31. The highest BCUT2D eigenvalue weighted by Crippen LogP contribution is 2.40. The molecule has 1 aromatic heterocycles. The third kappa shape index (κ3) is 3.15. The zero-order valence-corrected chi connectivity index (χ0v) is 11.6. The number of hydrogen-bond acceptors (Lipinski definition) is 3. The maximum Gasteiger partial charge on any atom is 0.0547 e. The van der Waals surface area contributed by atoms with Gasteiger partial charge in [0.25, 0.3) is 0 Å². The quantitative estimate of drug-likeness (QED) is 0.800. The maximum absolute atomic E-state index is 4.27. The normalized spacial score (nSPS) is 17.7. The lowest BCUT2D eigenvalue weighted by Gasteiger charge is -2.28. The van der Waals surface area contributed by atoms with E-state index in [4.69, 9.17) is 0 Å². The van der Waals surface area contributed by atoms with Crippen molar-refractivity contribution in [1.29, 1.82) is 0 Å². The Morgan fingerprint density at radius 3 is 2.39 bits per heavy atom. The van der Waals surface area contributed by atoms with Crippen LogP contribution < -0.4 is 10.6 Å². The van der Waals surface area contributed by atoms with Crippen LogP contribution >= 0.6 is 0 Å². The summed E-state index contributed by atoms with van der Waals surface area (Å²) in [6.07, 6.45) is 10.6. The molecule has 1 saturated carbocycles. The monoisotopic (exact) mass is 247 g/mol. The van der Waals surface area contributed by atoms with Crippen LogP contribution in [-0.2, 0) is 0 Å². The fourth-order valence-corrected chi connectivity index (χ4v) is 2.91. The fourth-order valence-electron chi connectivity index (χ4n) is 2.91. The van der Waals surface area contributed by atoms with E-state index in [9.17, 15) is 0 Å². The standard InChI is InChI=1S/C15H25N3/c1-3-15(7-5-6-8-15)12-18-14-9-13(17-4-2)10-16-11-14/h9-11,17-18H,3-8,12H2,1-2H3. The molecule has 0 spiro atoms. The van der Waals surface area contributed by atoms with Crippen molar-refractivity contribution >= 4 is 11.4 Å². The van der Waals surface area contributed by atoms with Gasteiger partial charge in [0.1, 0.15) is 0 Å². The van der Waals surface area contributed by atoms with E-state index < -0.39 is 0 Å². The second-order valence-corrected chi connectivity index (χ2v) is 5.41. The van der Waals surface area contributed by atoms with Gasteiger partial charge in [0.2, 0.25) is 0 Å². The van der Waals surface area contributed by atoms with Crippen molar-refractivity contribution in [2.24, 2.45) is 5.41 Å². The fraction of sp³-hybridized carbons (Fsp3) is 0.667. The molecule has 0 saturated heterocycles. The van der Waals surface area contributed by atoms with E-state index in [-0.39, 0.29) is 0 Å². The largest absolute Gasteiger partial charge is 0.384 e. The van der Waals surface area contributed by atoms with E-state index in [0.717, 1.165) is 24.5 Å². The summed E-state index contributed by atoms with van der Waals surface area (Å²) in [6.45, 7) is 6.44. The van der Waals surface area contributed by atoms with Crippen LogP contribution in [0, 0.1) is 5.41 Å². The molecule has 0 radical (unpaired) electrons. The Hall–Kier alpha value is -1.25. The molecule has 0 unspecified atom stereocenters. The molecule has 3 heteroatoms. The van der Waals surface area contributed by atoms with Gasteiger partial charge in [-0.05, 0) is 37.7 Å². The van der Waals surface area contributed by atoms with Gasteiger partial charge in [-0.2, -0.15) is 0 Å². The Bertz CT molecular complexity index is 370. The van der Waals surface area contributed by atoms with Gasteiger partial charge >= 0.3 is 0 Å². The van der Waals surface area contributed by atoms with Crippen molar-refractivity contribution in [3.05, 3.63) is 18.5 Å². The first-order chi connectivity index (χ1) is 8.78. The first-order valence-corrected chi connectivity index (χ1v) is 7.21. The second kappa shape index (κ2) is 6.07. The summed E-state index contributed by atoms with van der Waals surface area (Å²) in [5, 5.41) is 6.87. The zero-order chi connectivity index (χ0) is 12.8. The first kappa shape index (κ1) is 13.2. The molecule has 2 N–H and O–H groups in total. The van der Waals surface area contributed by atoms with Gasteiger partial charge in [0.05, 0.1) is 23.8 Å². The molecule has 1 aliphatic carbocycles. The summed E-state index contributed by atoms with van der Waals surface area (Å²) in [5.41, 5.74) is 2.75. The van der Waals surface area contributed by atoms with E-state index >= 15 is 0 Å². The SMILES string of the molecule is CCNc1cncc(NCC2(CC)CCCC2)c1. The zero-order valence-electron chi connectivity index (χ0n) is 11.6. The predicted molar refractivity (Wildman–Crippen MR) is 78.1 cm³/mol. The average Bonchev–Trinajstić information content (AvgIpc) is 2.87. The summed E-state index contributed by atoms with van der Waals surface area (Å²) in [6, 6.07) is 2.15. The highest BCUT2D eigenvalue weighted by atomic mass is 14.9. The Labute approximate surface area is 110 Å². The van der Waals surface area contributed by atoms with Crippen molar-refractivity contribution < 1.29 is 0 Å². The lowest BCUT2D eigenvalue weighted by Crippen LogP contribution is -2.25. The summed E-state index contributed by atoms with van der Waals surface area (Å²) < 4.78 is 0. The van der Waals surface area contributed by atoms with Crippen LogP contribution in [-0.4, -0.2) is 18.1 Å². The molecule has 1 aromatic rings. The van der Waals surface area contributed by atoms with Crippen LogP contribution in [0.4, 0.5) is 11.4 Å². The van der Waals surface area contributed by atoms with E-state index in [0.29, 0.717) is 5.41 Å². The van der Waals surface area contributed by atoms with E-state index in [1.807, 2.05) is 12.4 Å². The van der Waals surface area contributed by atoms with Gasteiger partial charge in [-0.25, -0.2) is 0 Å². The highest BCUT2D eigenvalue weighted by molar-refractivity contribution is 5.53. The minimum atomic E-state index is 0.522. The Kier molecular flexibility index (Phi) is 4.45. The molecule has 2 rings (SSSR count). The summed E-state index contributed by atoms with van der Waals surface area (Å²) in [4.78, 5) is 4.27. The van der Waals surface area contributed by atoms with E-state index in [2.05, 4.69) is 35.5 Å².